The van der Waals surface area contributed by atoms with Gasteiger partial charge in [-0.2, -0.15) is 0 Å². The summed E-state index contributed by atoms with van der Waals surface area (Å²) in [5.74, 6) is 0.0657. The Kier molecular flexibility index (Phi) is 13.2. The normalized spacial score (nSPS) is 28.5. The van der Waals surface area contributed by atoms with Gasteiger partial charge in [-0.25, -0.2) is 8.78 Å². The van der Waals surface area contributed by atoms with Crippen molar-refractivity contribution in [1.29, 1.82) is 0 Å². The molecule has 0 spiro atoms. The summed E-state index contributed by atoms with van der Waals surface area (Å²) >= 11 is 0. The second-order valence-corrected chi connectivity index (χ2v) is 8.37. The molecule has 0 radical (unpaired) electrons. The van der Waals surface area contributed by atoms with Crippen LogP contribution in [0.4, 0.5) is 8.78 Å². The van der Waals surface area contributed by atoms with Crippen molar-refractivity contribution in [3.8, 4) is 0 Å². The summed E-state index contributed by atoms with van der Waals surface area (Å²) in [5, 5.41) is 0. The Morgan fingerprint density at radius 3 is 2.07 bits per heavy atom. The van der Waals surface area contributed by atoms with E-state index in [-0.39, 0.29) is 24.2 Å². The van der Waals surface area contributed by atoms with E-state index in [1.807, 2.05) is 0 Å². The molecule has 1 aliphatic heterocycles. The van der Waals surface area contributed by atoms with Gasteiger partial charge in [0.2, 0.25) is 0 Å². The van der Waals surface area contributed by atoms with Crippen LogP contribution in [0.3, 0.4) is 0 Å². The third-order valence-electron chi connectivity index (χ3n) is 6.07. The average Bonchev–Trinajstić information content (AvgIpc) is 2.79. The van der Waals surface area contributed by atoms with Crippen molar-refractivity contribution in [2.75, 3.05) is 20.3 Å². The molecule has 5 heteroatoms. The number of hydrogen-bond donors (Lipinski definition) is 0. The van der Waals surface area contributed by atoms with E-state index in [0.29, 0.717) is 24.9 Å². The van der Waals surface area contributed by atoms with Crippen LogP contribution >= 0.6 is 0 Å². The molecule has 30 heavy (non-hydrogen) atoms. The zero-order valence-electron chi connectivity index (χ0n) is 19.6. The fourth-order valence-electron chi connectivity index (χ4n) is 4.02. The highest BCUT2D eigenvalue weighted by Crippen LogP contribution is 2.38. The van der Waals surface area contributed by atoms with Crippen molar-refractivity contribution in [3.05, 3.63) is 35.6 Å². The fourth-order valence-corrected chi connectivity index (χ4v) is 4.02. The lowest BCUT2D eigenvalue weighted by Crippen LogP contribution is -2.33. The SMILES string of the molecule is C=CC1CCC(C2CCC(OC/C(CC)=C(F)/C(F)=C(\C)OC)OC2)CC1.CCC. The molecule has 0 aromatic heterocycles. The van der Waals surface area contributed by atoms with Crippen LogP contribution in [0.25, 0.3) is 0 Å². The number of methoxy groups -OCH3 is 1. The van der Waals surface area contributed by atoms with Crippen LogP contribution in [-0.4, -0.2) is 26.6 Å². The lowest BCUT2D eigenvalue weighted by atomic mass is 9.74. The standard InChI is InChI=1S/C22H34F2O3.C3H8/c1-5-16-7-9-18(10-8-16)19-11-12-20(27-14-19)26-13-17(6-2)22(24)21(23)15(3)25-4;1-3-2/h5,16,18-20H,1,6-14H2,2-4H3;3H2,1-2H3/b21-15-,22-17-;. The number of halogens is 2. The molecule has 0 aromatic rings. The van der Waals surface area contributed by atoms with E-state index in [1.54, 1.807) is 6.92 Å². The van der Waals surface area contributed by atoms with Gasteiger partial charge >= 0.3 is 0 Å². The van der Waals surface area contributed by atoms with Gasteiger partial charge in [0.25, 0.3) is 0 Å². The second kappa shape index (κ2) is 14.7. The van der Waals surface area contributed by atoms with E-state index in [4.69, 9.17) is 14.2 Å². The van der Waals surface area contributed by atoms with Crippen LogP contribution < -0.4 is 0 Å². The summed E-state index contributed by atoms with van der Waals surface area (Å²) in [4.78, 5) is 0. The first-order valence-corrected chi connectivity index (χ1v) is 11.6. The van der Waals surface area contributed by atoms with E-state index in [1.165, 1.54) is 46.1 Å². The number of ether oxygens (including phenoxy) is 3. The Hall–Kier alpha value is -1.20. The highest BCUT2D eigenvalue weighted by atomic mass is 19.2. The van der Waals surface area contributed by atoms with Crippen LogP contribution in [0, 0.1) is 17.8 Å². The highest BCUT2D eigenvalue weighted by molar-refractivity contribution is 5.27. The predicted molar refractivity (Wildman–Crippen MR) is 119 cm³/mol. The summed E-state index contributed by atoms with van der Waals surface area (Å²) in [6.07, 6.45) is 10.2. The van der Waals surface area contributed by atoms with Crippen LogP contribution in [0.5, 0.6) is 0 Å². The van der Waals surface area contributed by atoms with Gasteiger partial charge in [0, 0.05) is 0 Å². The molecule has 3 nitrogen and oxygen atoms in total. The van der Waals surface area contributed by atoms with E-state index < -0.39 is 11.7 Å². The zero-order valence-corrected chi connectivity index (χ0v) is 19.6. The van der Waals surface area contributed by atoms with Gasteiger partial charge in [-0.05, 0) is 75.2 Å². The molecule has 0 aromatic carbocycles. The Bertz CT molecular complexity index is 555. The number of rotatable bonds is 8. The van der Waals surface area contributed by atoms with Crippen molar-refractivity contribution in [3.63, 3.8) is 0 Å². The van der Waals surface area contributed by atoms with Crippen molar-refractivity contribution in [2.45, 2.75) is 85.4 Å². The molecule has 2 aliphatic rings. The molecule has 1 aliphatic carbocycles. The second-order valence-electron chi connectivity index (χ2n) is 8.37. The van der Waals surface area contributed by atoms with Crippen molar-refractivity contribution < 1.29 is 23.0 Å². The molecular weight excluding hydrogens is 386 g/mol. The van der Waals surface area contributed by atoms with Crippen LogP contribution in [0.2, 0.25) is 0 Å². The Morgan fingerprint density at radius 1 is 1.00 bits per heavy atom. The van der Waals surface area contributed by atoms with Crippen molar-refractivity contribution >= 4 is 0 Å². The molecule has 0 N–H and O–H groups in total. The van der Waals surface area contributed by atoms with Crippen molar-refractivity contribution in [1.82, 2.24) is 0 Å². The molecule has 2 fully saturated rings. The first kappa shape index (κ1) is 26.8. The number of hydrogen-bond acceptors (Lipinski definition) is 3. The molecule has 2 rings (SSSR count). The molecular formula is C25H42F2O3. The van der Waals surface area contributed by atoms with Crippen LogP contribution in [-0.2, 0) is 14.2 Å². The summed E-state index contributed by atoms with van der Waals surface area (Å²) in [7, 11) is 1.32. The summed E-state index contributed by atoms with van der Waals surface area (Å²) in [6.45, 7) is 12.1. The van der Waals surface area contributed by atoms with E-state index in [0.717, 1.165) is 18.8 Å². The third-order valence-corrected chi connectivity index (χ3v) is 6.07. The minimum atomic E-state index is -0.960. The lowest BCUT2D eigenvalue weighted by molar-refractivity contribution is -0.177. The van der Waals surface area contributed by atoms with E-state index in [9.17, 15) is 8.78 Å². The van der Waals surface area contributed by atoms with Crippen LogP contribution in [0.15, 0.2) is 35.6 Å². The van der Waals surface area contributed by atoms with E-state index >= 15 is 0 Å². The largest absolute Gasteiger partial charge is 0.498 e. The van der Waals surface area contributed by atoms with Gasteiger partial charge in [-0.3, -0.25) is 0 Å². The van der Waals surface area contributed by atoms with Crippen molar-refractivity contribution in [2.24, 2.45) is 17.8 Å². The first-order valence-electron chi connectivity index (χ1n) is 11.6. The molecule has 1 heterocycles. The topological polar surface area (TPSA) is 27.7 Å². The fraction of sp³-hybridized carbons (Fsp3) is 0.760. The predicted octanol–water partition coefficient (Wildman–Crippen LogP) is 7.65. The Morgan fingerprint density at radius 2 is 1.60 bits per heavy atom. The molecule has 0 bridgehead atoms. The van der Waals surface area contributed by atoms with Gasteiger partial charge in [0.05, 0.1) is 20.3 Å². The smallest absolute Gasteiger partial charge is 0.196 e. The Balaban J connectivity index is 0.00000141. The van der Waals surface area contributed by atoms with E-state index in [2.05, 4.69) is 26.5 Å². The molecule has 2 atom stereocenters. The van der Waals surface area contributed by atoms with Gasteiger partial charge < -0.3 is 14.2 Å². The Labute approximate surface area is 182 Å². The maximum atomic E-state index is 14.3. The zero-order chi connectivity index (χ0) is 22.5. The summed E-state index contributed by atoms with van der Waals surface area (Å²) < 4.78 is 44.6. The molecule has 174 valence electrons. The first-order chi connectivity index (χ1) is 14.4. The maximum Gasteiger partial charge on any atom is 0.196 e. The maximum absolute atomic E-state index is 14.3. The van der Waals surface area contributed by atoms with Gasteiger partial charge in [-0.1, -0.05) is 33.3 Å². The minimum absolute atomic E-state index is 0.0343. The molecule has 1 saturated carbocycles. The summed E-state index contributed by atoms with van der Waals surface area (Å²) in [6, 6.07) is 0. The summed E-state index contributed by atoms with van der Waals surface area (Å²) in [5.41, 5.74) is 0.289. The van der Waals surface area contributed by atoms with Gasteiger partial charge in [-0.15, -0.1) is 6.58 Å². The third kappa shape index (κ3) is 8.50. The quantitative estimate of drug-likeness (QED) is 0.226. The highest BCUT2D eigenvalue weighted by Gasteiger charge is 2.31. The lowest BCUT2D eigenvalue weighted by Gasteiger charge is -2.37. The monoisotopic (exact) mass is 428 g/mol. The van der Waals surface area contributed by atoms with Gasteiger partial charge in [0.1, 0.15) is 5.76 Å². The average molecular weight is 429 g/mol. The minimum Gasteiger partial charge on any atom is -0.498 e. The van der Waals surface area contributed by atoms with Crippen LogP contribution in [0.1, 0.15) is 79.1 Å². The molecule has 2 unspecified atom stereocenters. The van der Waals surface area contributed by atoms with Gasteiger partial charge in [0.15, 0.2) is 17.9 Å². The number of allylic oxidation sites excluding steroid dienone is 4. The molecule has 0 amide bonds. The molecule has 1 saturated heterocycles.